The summed E-state index contributed by atoms with van der Waals surface area (Å²) in [6.07, 6.45) is 5.86. The van der Waals surface area contributed by atoms with Crippen LogP contribution < -0.4 is 0 Å². The molecule has 1 aromatic carbocycles. The second kappa shape index (κ2) is 4.26. The lowest BCUT2D eigenvalue weighted by molar-refractivity contribution is 0.483. The molecule has 1 aliphatic rings. The molecule has 1 aromatic heterocycles. The van der Waals surface area contributed by atoms with Crippen molar-refractivity contribution in [3.8, 4) is 0 Å². The predicted octanol–water partition coefficient (Wildman–Crippen LogP) is 5.11. The van der Waals surface area contributed by atoms with E-state index in [2.05, 4.69) is 57.0 Å². The van der Waals surface area contributed by atoms with Crippen LogP contribution in [0.4, 0.5) is 0 Å². The van der Waals surface area contributed by atoms with Gasteiger partial charge in [0.05, 0.1) is 0 Å². The molecule has 1 aliphatic carbocycles. The highest BCUT2D eigenvalue weighted by atomic mass is 14.7. The Morgan fingerprint density at radius 1 is 1.16 bits per heavy atom. The maximum absolute atomic E-state index is 3.59. The standard InChI is InChI=1S/C18H23N/c1-5-12-6-8-16-14(10-12)15-11-13(18(2,3)4)7-9-17(15)19-16/h6,8,10-11,19H,5,7,9H2,1-4H3. The van der Waals surface area contributed by atoms with Gasteiger partial charge in [-0.25, -0.2) is 0 Å². The number of benzene rings is 1. The summed E-state index contributed by atoms with van der Waals surface area (Å²) in [7, 11) is 0. The van der Waals surface area contributed by atoms with Gasteiger partial charge < -0.3 is 4.98 Å². The van der Waals surface area contributed by atoms with Gasteiger partial charge in [0.15, 0.2) is 0 Å². The van der Waals surface area contributed by atoms with Gasteiger partial charge in [-0.1, -0.05) is 45.4 Å². The van der Waals surface area contributed by atoms with Gasteiger partial charge in [0, 0.05) is 22.2 Å². The van der Waals surface area contributed by atoms with E-state index in [4.69, 9.17) is 0 Å². The third-order valence-corrected chi connectivity index (χ3v) is 4.32. The molecule has 2 aromatic rings. The Morgan fingerprint density at radius 2 is 1.95 bits per heavy atom. The first-order chi connectivity index (χ1) is 8.99. The predicted molar refractivity (Wildman–Crippen MR) is 83.4 cm³/mol. The average Bonchev–Trinajstić information content (AvgIpc) is 2.74. The van der Waals surface area contributed by atoms with Gasteiger partial charge in [0.1, 0.15) is 0 Å². The van der Waals surface area contributed by atoms with E-state index >= 15 is 0 Å². The van der Waals surface area contributed by atoms with Gasteiger partial charge in [0.2, 0.25) is 0 Å². The van der Waals surface area contributed by atoms with Crippen LogP contribution in [0.5, 0.6) is 0 Å². The highest BCUT2D eigenvalue weighted by molar-refractivity contribution is 5.92. The van der Waals surface area contributed by atoms with Gasteiger partial charge in [-0.3, -0.25) is 0 Å². The molecule has 0 fully saturated rings. The Labute approximate surface area is 115 Å². The number of hydrogen-bond donors (Lipinski definition) is 1. The van der Waals surface area contributed by atoms with Crippen molar-refractivity contribution in [3.63, 3.8) is 0 Å². The molecule has 0 bridgehead atoms. The van der Waals surface area contributed by atoms with E-state index in [0.717, 1.165) is 12.8 Å². The van der Waals surface area contributed by atoms with Crippen LogP contribution >= 0.6 is 0 Å². The van der Waals surface area contributed by atoms with Gasteiger partial charge in [-0.2, -0.15) is 0 Å². The number of allylic oxidation sites excluding steroid dienone is 1. The molecule has 1 nitrogen and oxygen atoms in total. The summed E-state index contributed by atoms with van der Waals surface area (Å²) >= 11 is 0. The topological polar surface area (TPSA) is 15.8 Å². The van der Waals surface area contributed by atoms with Crippen molar-refractivity contribution in [2.45, 2.75) is 47.0 Å². The molecule has 0 radical (unpaired) electrons. The maximum atomic E-state index is 3.59. The van der Waals surface area contributed by atoms with Gasteiger partial charge in [-0.05, 0) is 42.4 Å². The summed E-state index contributed by atoms with van der Waals surface area (Å²) in [5, 5.41) is 1.40. The fraction of sp³-hybridized carbons (Fsp3) is 0.444. The second-order valence-corrected chi connectivity index (χ2v) is 6.67. The molecule has 3 rings (SSSR count). The zero-order valence-electron chi connectivity index (χ0n) is 12.4. The van der Waals surface area contributed by atoms with E-state index in [1.54, 1.807) is 5.57 Å². The first-order valence-electron chi connectivity index (χ1n) is 7.33. The van der Waals surface area contributed by atoms with Gasteiger partial charge in [-0.15, -0.1) is 0 Å². The molecule has 0 atom stereocenters. The summed E-state index contributed by atoms with van der Waals surface area (Å²) in [6.45, 7) is 9.17. The highest BCUT2D eigenvalue weighted by Crippen LogP contribution is 2.38. The van der Waals surface area contributed by atoms with Crippen LogP contribution in [0.1, 0.15) is 50.9 Å². The van der Waals surface area contributed by atoms with E-state index in [-0.39, 0.29) is 5.41 Å². The summed E-state index contributed by atoms with van der Waals surface area (Å²) in [4.78, 5) is 3.59. The van der Waals surface area contributed by atoms with E-state index in [0.29, 0.717) is 0 Å². The Morgan fingerprint density at radius 3 is 2.63 bits per heavy atom. The smallest absolute Gasteiger partial charge is 0.0462 e. The molecule has 0 aliphatic heterocycles. The molecule has 1 heteroatoms. The van der Waals surface area contributed by atoms with Crippen molar-refractivity contribution in [2.75, 3.05) is 0 Å². The van der Waals surface area contributed by atoms with Gasteiger partial charge in [0.25, 0.3) is 0 Å². The minimum atomic E-state index is 0.281. The van der Waals surface area contributed by atoms with Crippen LogP contribution in [0.25, 0.3) is 17.0 Å². The molecule has 0 saturated carbocycles. The lowest BCUT2D eigenvalue weighted by atomic mass is 9.79. The molecule has 1 N–H and O–H groups in total. The molecular weight excluding hydrogens is 230 g/mol. The second-order valence-electron chi connectivity index (χ2n) is 6.67. The molecule has 0 saturated heterocycles. The Bertz CT molecular complexity index is 650. The molecule has 19 heavy (non-hydrogen) atoms. The van der Waals surface area contributed by atoms with Crippen molar-refractivity contribution in [1.82, 2.24) is 4.98 Å². The monoisotopic (exact) mass is 253 g/mol. The minimum Gasteiger partial charge on any atom is -0.358 e. The largest absolute Gasteiger partial charge is 0.358 e. The zero-order valence-corrected chi connectivity index (χ0v) is 12.4. The minimum absolute atomic E-state index is 0.281. The quantitative estimate of drug-likeness (QED) is 0.727. The van der Waals surface area contributed by atoms with Crippen molar-refractivity contribution >= 4 is 17.0 Å². The van der Waals surface area contributed by atoms with Crippen LogP contribution in [0.3, 0.4) is 0 Å². The number of nitrogens with one attached hydrogen (secondary N) is 1. The van der Waals surface area contributed by atoms with Crippen molar-refractivity contribution < 1.29 is 0 Å². The maximum Gasteiger partial charge on any atom is 0.0462 e. The molecule has 1 heterocycles. The number of rotatable bonds is 1. The molecule has 0 spiro atoms. The number of H-pyrrole nitrogens is 1. The fourth-order valence-electron chi connectivity index (χ4n) is 3.00. The zero-order chi connectivity index (χ0) is 13.6. The Hall–Kier alpha value is -1.50. The molecular formula is C18H23N. The van der Waals surface area contributed by atoms with Crippen LogP contribution in [-0.4, -0.2) is 4.98 Å². The van der Waals surface area contributed by atoms with Crippen molar-refractivity contribution in [1.29, 1.82) is 0 Å². The number of aromatic amines is 1. The summed E-state index contributed by atoms with van der Waals surface area (Å²) in [5.74, 6) is 0. The van der Waals surface area contributed by atoms with E-state index in [9.17, 15) is 0 Å². The summed E-state index contributed by atoms with van der Waals surface area (Å²) in [6, 6.07) is 6.82. The number of fused-ring (bicyclic) bond motifs is 3. The number of hydrogen-bond acceptors (Lipinski definition) is 0. The highest BCUT2D eigenvalue weighted by Gasteiger charge is 2.23. The average molecular weight is 253 g/mol. The summed E-state index contributed by atoms with van der Waals surface area (Å²) < 4.78 is 0. The summed E-state index contributed by atoms with van der Waals surface area (Å²) in [5.41, 5.74) is 7.41. The number of aryl methyl sites for hydroxylation is 2. The van der Waals surface area contributed by atoms with E-state index in [1.165, 1.54) is 34.1 Å². The number of aromatic nitrogens is 1. The SMILES string of the molecule is CCc1ccc2[nH]c3c(c2c1)C=C(C(C)(C)C)CC3. The van der Waals surface area contributed by atoms with E-state index < -0.39 is 0 Å². The lowest BCUT2D eigenvalue weighted by Gasteiger charge is -2.26. The van der Waals surface area contributed by atoms with Crippen LogP contribution in [0.15, 0.2) is 23.8 Å². The third kappa shape index (κ3) is 2.11. The van der Waals surface area contributed by atoms with E-state index in [1.807, 2.05) is 0 Å². The van der Waals surface area contributed by atoms with Crippen LogP contribution in [0, 0.1) is 5.41 Å². The van der Waals surface area contributed by atoms with Gasteiger partial charge >= 0.3 is 0 Å². The first kappa shape index (κ1) is 12.5. The van der Waals surface area contributed by atoms with Crippen molar-refractivity contribution in [3.05, 3.63) is 40.6 Å². The normalized spacial score (nSPS) is 15.5. The van der Waals surface area contributed by atoms with Crippen molar-refractivity contribution in [2.24, 2.45) is 5.41 Å². The third-order valence-electron chi connectivity index (χ3n) is 4.32. The van der Waals surface area contributed by atoms with Crippen LogP contribution in [-0.2, 0) is 12.8 Å². The lowest BCUT2D eigenvalue weighted by Crippen LogP contribution is -2.13. The fourth-order valence-corrected chi connectivity index (χ4v) is 3.00. The van der Waals surface area contributed by atoms with Crippen LogP contribution in [0.2, 0.25) is 0 Å². The Kier molecular flexibility index (Phi) is 2.81. The Balaban J connectivity index is 2.20. The molecule has 0 amide bonds. The first-order valence-corrected chi connectivity index (χ1v) is 7.33. The molecule has 0 unspecified atom stereocenters. The molecule has 100 valence electrons.